The molecular weight excluding hydrogens is 366 g/mol. The first-order chi connectivity index (χ1) is 14.1. The Morgan fingerprint density at radius 3 is 2.03 bits per heavy atom. The van der Waals surface area contributed by atoms with Crippen LogP contribution in [0.2, 0.25) is 0 Å². The van der Waals surface area contributed by atoms with E-state index < -0.39 is 11.6 Å². The molecule has 0 N–H and O–H groups in total. The Balaban J connectivity index is 1.68. The molecule has 0 atom stereocenters. The molecule has 0 amide bonds. The van der Waals surface area contributed by atoms with Gasteiger partial charge in [-0.05, 0) is 36.0 Å². The maximum atomic E-state index is 14.4. The van der Waals surface area contributed by atoms with Crippen molar-refractivity contribution in [3.63, 3.8) is 0 Å². The van der Waals surface area contributed by atoms with Crippen LogP contribution in [0.15, 0.2) is 48.8 Å². The van der Waals surface area contributed by atoms with Gasteiger partial charge >= 0.3 is 0 Å². The van der Waals surface area contributed by atoms with E-state index in [0.717, 1.165) is 24.0 Å². The van der Waals surface area contributed by atoms with E-state index in [1.54, 1.807) is 24.3 Å². The number of hydrogen-bond acceptors (Lipinski definition) is 2. The molecule has 4 heteroatoms. The molecule has 2 aromatic carbocycles. The number of aryl methyl sites for hydroxylation is 2. The van der Waals surface area contributed by atoms with E-state index in [0.29, 0.717) is 23.4 Å². The zero-order chi connectivity index (χ0) is 20.6. The first-order valence-electron chi connectivity index (χ1n) is 10.5. The number of nitrogens with zero attached hydrogens (tertiary/aromatic N) is 2. The summed E-state index contributed by atoms with van der Waals surface area (Å²) >= 11 is 0. The Morgan fingerprint density at radius 2 is 1.38 bits per heavy atom. The lowest BCUT2D eigenvalue weighted by molar-refractivity contribution is 0.502. The van der Waals surface area contributed by atoms with E-state index in [1.807, 2.05) is 31.5 Å². The quantitative estimate of drug-likeness (QED) is 0.360. The molecule has 0 fully saturated rings. The smallest absolute Gasteiger partial charge is 0.166 e. The third-order valence-corrected chi connectivity index (χ3v) is 5.27. The fraction of sp³-hybridized carbons (Fsp3) is 0.360. The molecule has 0 unspecified atom stereocenters. The van der Waals surface area contributed by atoms with Crippen molar-refractivity contribution in [2.24, 2.45) is 0 Å². The van der Waals surface area contributed by atoms with Crippen LogP contribution in [0, 0.1) is 11.6 Å². The molecule has 1 heterocycles. The first-order valence-corrected chi connectivity index (χ1v) is 10.5. The molecule has 3 aromatic rings. The Kier molecular flexibility index (Phi) is 7.45. The molecule has 29 heavy (non-hydrogen) atoms. The molecule has 0 radical (unpaired) electrons. The molecule has 0 saturated carbocycles. The third-order valence-electron chi connectivity index (χ3n) is 5.27. The van der Waals surface area contributed by atoms with Gasteiger partial charge in [0, 0.05) is 23.5 Å². The van der Waals surface area contributed by atoms with Crippen molar-refractivity contribution in [1.29, 1.82) is 0 Å². The number of hydrogen-bond donors (Lipinski definition) is 0. The average molecular weight is 395 g/mol. The zero-order valence-corrected chi connectivity index (χ0v) is 17.2. The van der Waals surface area contributed by atoms with Crippen LogP contribution >= 0.6 is 0 Å². The van der Waals surface area contributed by atoms with Crippen molar-refractivity contribution >= 4 is 0 Å². The minimum Gasteiger partial charge on any atom is -0.236 e. The summed E-state index contributed by atoms with van der Waals surface area (Å²) in [6, 6.07) is 10.5. The Morgan fingerprint density at radius 1 is 0.724 bits per heavy atom. The molecule has 0 saturated heterocycles. The van der Waals surface area contributed by atoms with E-state index in [1.165, 1.54) is 25.7 Å². The van der Waals surface area contributed by atoms with E-state index in [-0.39, 0.29) is 5.56 Å². The van der Waals surface area contributed by atoms with Crippen LogP contribution in [0.25, 0.3) is 22.5 Å². The lowest BCUT2D eigenvalue weighted by atomic mass is 10.0. The second kappa shape index (κ2) is 10.2. The predicted octanol–water partition coefficient (Wildman–Crippen LogP) is 7.16. The largest absolute Gasteiger partial charge is 0.236 e. The van der Waals surface area contributed by atoms with Crippen LogP contribution in [-0.4, -0.2) is 9.97 Å². The molecule has 1 aromatic heterocycles. The lowest BCUT2D eigenvalue weighted by Crippen LogP contribution is -1.96. The molecule has 0 aliphatic rings. The van der Waals surface area contributed by atoms with Crippen molar-refractivity contribution in [2.75, 3.05) is 0 Å². The summed E-state index contributed by atoms with van der Waals surface area (Å²) in [6.45, 7) is 4.03. The van der Waals surface area contributed by atoms with Gasteiger partial charge in [-0.25, -0.2) is 18.7 Å². The molecule has 0 spiro atoms. The van der Waals surface area contributed by atoms with E-state index in [4.69, 9.17) is 0 Å². The monoisotopic (exact) mass is 394 g/mol. The number of unbranched alkanes of at least 4 members (excludes halogenated alkanes) is 4. The molecule has 3 rings (SSSR count). The van der Waals surface area contributed by atoms with Gasteiger partial charge < -0.3 is 0 Å². The highest BCUT2D eigenvalue weighted by Crippen LogP contribution is 2.28. The van der Waals surface area contributed by atoms with Gasteiger partial charge in [0.15, 0.2) is 17.5 Å². The normalized spacial score (nSPS) is 11.0. The molecule has 0 aliphatic heterocycles. The summed E-state index contributed by atoms with van der Waals surface area (Å²) in [5.41, 5.74) is 3.30. The maximum Gasteiger partial charge on any atom is 0.166 e. The fourth-order valence-corrected chi connectivity index (χ4v) is 3.45. The zero-order valence-electron chi connectivity index (χ0n) is 17.2. The standard InChI is InChI=1S/C25H28F2N2/c1-3-5-6-7-8-9-18-16-28-25(29-17-18)21-12-10-20(11-13-21)22-15-14-19(4-2)23(26)24(22)27/h10-17H,3-9H2,1-2H3. The predicted molar refractivity (Wildman–Crippen MR) is 115 cm³/mol. The summed E-state index contributed by atoms with van der Waals surface area (Å²) in [5, 5.41) is 0. The minimum atomic E-state index is -0.795. The minimum absolute atomic E-state index is 0.269. The maximum absolute atomic E-state index is 14.4. The highest BCUT2D eigenvalue weighted by atomic mass is 19.2. The highest BCUT2D eigenvalue weighted by Gasteiger charge is 2.14. The lowest BCUT2D eigenvalue weighted by Gasteiger charge is -2.08. The Hall–Kier alpha value is -2.62. The first kappa shape index (κ1) is 21.1. The van der Waals surface area contributed by atoms with Crippen LogP contribution in [0.3, 0.4) is 0 Å². The van der Waals surface area contributed by atoms with Gasteiger partial charge in [-0.2, -0.15) is 0 Å². The summed E-state index contributed by atoms with van der Waals surface area (Å²) in [6.07, 6.45) is 11.5. The van der Waals surface area contributed by atoms with Crippen molar-refractivity contribution in [1.82, 2.24) is 9.97 Å². The number of halogens is 2. The van der Waals surface area contributed by atoms with Gasteiger partial charge in [0.25, 0.3) is 0 Å². The number of benzene rings is 2. The second-order valence-electron chi connectivity index (χ2n) is 7.41. The van der Waals surface area contributed by atoms with Crippen LogP contribution in [0.5, 0.6) is 0 Å². The number of rotatable bonds is 9. The van der Waals surface area contributed by atoms with Gasteiger partial charge in [-0.3, -0.25) is 0 Å². The van der Waals surface area contributed by atoms with Crippen molar-refractivity contribution in [3.05, 3.63) is 71.6 Å². The van der Waals surface area contributed by atoms with E-state index in [9.17, 15) is 8.78 Å². The third kappa shape index (κ3) is 5.26. The van der Waals surface area contributed by atoms with Crippen molar-refractivity contribution in [3.8, 4) is 22.5 Å². The number of aromatic nitrogens is 2. The summed E-state index contributed by atoms with van der Waals surface area (Å²) in [7, 11) is 0. The van der Waals surface area contributed by atoms with Crippen LogP contribution < -0.4 is 0 Å². The molecular formula is C25H28F2N2. The van der Waals surface area contributed by atoms with E-state index in [2.05, 4.69) is 16.9 Å². The van der Waals surface area contributed by atoms with Gasteiger partial charge in [0.05, 0.1) is 0 Å². The second-order valence-corrected chi connectivity index (χ2v) is 7.41. The molecule has 2 nitrogen and oxygen atoms in total. The van der Waals surface area contributed by atoms with Crippen LogP contribution in [0.4, 0.5) is 8.78 Å². The summed E-state index contributed by atoms with van der Waals surface area (Å²) in [5.74, 6) is -0.918. The summed E-state index contributed by atoms with van der Waals surface area (Å²) < 4.78 is 28.5. The van der Waals surface area contributed by atoms with Gasteiger partial charge in [-0.15, -0.1) is 0 Å². The SMILES string of the molecule is CCCCCCCc1cnc(-c2ccc(-c3ccc(CC)c(F)c3F)cc2)nc1. The van der Waals surface area contributed by atoms with Gasteiger partial charge in [0.2, 0.25) is 0 Å². The Bertz CT molecular complexity index is 919. The van der Waals surface area contributed by atoms with Crippen molar-refractivity contribution in [2.45, 2.75) is 58.8 Å². The highest BCUT2D eigenvalue weighted by molar-refractivity contribution is 5.68. The van der Waals surface area contributed by atoms with Crippen LogP contribution in [0.1, 0.15) is 57.1 Å². The van der Waals surface area contributed by atoms with Gasteiger partial charge in [-0.1, -0.05) is 75.9 Å². The fourth-order valence-electron chi connectivity index (χ4n) is 3.45. The average Bonchev–Trinajstić information content (AvgIpc) is 2.76. The van der Waals surface area contributed by atoms with Crippen molar-refractivity contribution < 1.29 is 8.78 Å². The molecule has 0 bridgehead atoms. The van der Waals surface area contributed by atoms with Gasteiger partial charge in [0.1, 0.15) is 0 Å². The Labute approximate surface area is 172 Å². The topological polar surface area (TPSA) is 25.8 Å². The molecule has 0 aliphatic carbocycles. The molecule has 152 valence electrons. The summed E-state index contributed by atoms with van der Waals surface area (Å²) in [4.78, 5) is 8.95. The van der Waals surface area contributed by atoms with E-state index >= 15 is 0 Å². The van der Waals surface area contributed by atoms with Crippen LogP contribution in [-0.2, 0) is 12.8 Å².